The number of rotatable bonds is 12. The molecule has 0 aliphatic carbocycles. The van der Waals surface area contributed by atoms with Crippen LogP contribution in [0.1, 0.15) is 78.1 Å². The van der Waals surface area contributed by atoms with Gasteiger partial charge in [0.2, 0.25) is 0 Å². The van der Waals surface area contributed by atoms with Gasteiger partial charge in [0.15, 0.2) is 0 Å². The van der Waals surface area contributed by atoms with Crippen LogP contribution in [0.4, 0.5) is 0 Å². The second-order valence-electron chi connectivity index (χ2n) is 5.35. The summed E-state index contributed by atoms with van der Waals surface area (Å²) in [5.41, 5.74) is 0. The van der Waals surface area contributed by atoms with Gasteiger partial charge in [-0.3, -0.25) is 0 Å². The van der Waals surface area contributed by atoms with E-state index in [1.165, 1.54) is 0 Å². The SMILES string of the molecule is CCCCCCC(CC(O)CCCCC)S(=O)(=O)[O-].[K+]. The Labute approximate surface area is 167 Å². The third kappa shape index (κ3) is 13.2. The van der Waals surface area contributed by atoms with E-state index < -0.39 is 21.5 Å². The first-order valence-electron chi connectivity index (χ1n) is 7.54. The van der Waals surface area contributed by atoms with Crippen LogP contribution < -0.4 is 51.4 Å². The Kier molecular flexibility index (Phi) is 16.8. The third-order valence-corrected chi connectivity index (χ3v) is 4.71. The van der Waals surface area contributed by atoms with Gasteiger partial charge in [0, 0.05) is 0 Å². The predicted molar refractivity (Wildman–Crippen MR) is 77.0 cm³/mol. The van der Waals surface area contributed by atoms with Gasteiger partial charge in [-0.15, -0.1) is 0 Å². The number of aliphatic hydroxyl groups is 1. The molecule has 0 heterocycles. The first-order chi connectivity index (χ1) is 8.91. The van der Waals surface area contributed by atoms with E-state index in [-0.39, 0.29) is 57.8 Å². The maximum Gasteiger partial charge on any atom is 1.00 e. The van der Waals surface area contributed by atoms with Gasteiger partial charge in [-0.25, -0.2) is 8.42 Å². The van der Waals surface area contributed by atoms with E-state index in [0.717, 1.165) is 44.9 Å². The number of hydrogen-bond donors (Lipinski definition) is 1. The Morgan fingerprint density at radius 2 is 1.45 bits per heavy atom. The van der Waals surface area contributed by atoms with Crippen LogP contribution in [0.5, 0.6) is 0 Å². The van der Waals surface area contributed by atoms with Gasteiger partial charge in [-0.1, -0.05) is 58.8 Å². The number of aliphatic hydroxyl groups excluding tert-OH is 1. The smallest absolute Gasteiger partial charge is 0.748 e. The first kappa shape index (κ1) is 23.8. The van der Waals surface area contributed by atoms with Gasteiger partial charge >= 0.3 is 51.4 Å². The van der Waals surface area contributed by atoms with Gasteiger partial charge in [0.1, 0.15) is 0 Å². The zero-order valence-corrected chi connectivity index (χ0v) is 17.2. The average molecular weight is 333 g/mol. The van der Waals surface area contributed by atoms with Crippen molar-refractivity contribution in [3.8, 4) is 0 Å². The van der Waals surface area contributed by atoms with Crippen LogP contribution in [0.15, 0.2) is 0 Å². The van der Waals surface area contributed by atoms with Crippen molar-refractivity contribution in [3.05, 3.63) is 0 Å². The summed E-state index contributed by atoms with van der Waals surface area (Å²) in [7, 11) is -4.29. The molecule has 0 saturated heterocycles. The molecule has 4 nitrogen and oxygen atoms in total. The summed E-state index contributed by atoms with van der Waals surface area (Å²) >= 11 is 0. The predicted octanol–water partition coefficient (Wildman–Crippen LogP) is 0.206. The van der Waals surface area contributed by atoms with Crippen molar-refractivity contribution in [3.63, 3.8) is 0 Å². The molecule has 0 saturated carbocycles. The summed E-state index contributed by atoms with van der Waals surface area (Å²) in [5, 5.41) is 8.89. The van der Waals surface area contributed by atoms with Crippen LogP contribution in [-0.2, 0) is 10.1 Å². The summed E-state index contributed by atoms with van der Waals surface area (Å²) in [5.74, 6) is 0. The van der Waals surface area contributed by atoms with E-state index in [4.69, 9.17) is 0 Å². The fourth-order valence-corrected chi connectivity index (χ4v) is 3.14. The maximum atomic E-state index is 11.2. The number of hydrogen-bond acceptors (Lipinski definition) is 4. The van der Waals surface area contributed by atoms with Gasteiger partial charge in [0.05, 0.1) is 21.5 Å². The molecule has 6 heteroatoms. The molecule has 2 atom stereocenters. The molecule has 0 spiro atoms. The Bertz CT molecular complexity index is 306. The molecular formula is C14H29KO4S. The molecule has 0 aromatic rings. The van der Waals surface area contributed by atoms with Gasteiger partial charge in [-0.2, -0.15) is 0 Å². The van der Waals surface area contributed by atoms with E-state index in [9.17, 15) is 18.1 Å². The standard InChI is InChI=1S/C14H30O4S.K/c1-3-5-7-9-11-14(19(16,17)18)12-13(15)10-8-6-4-2;/h13-15H,3-12H2,1-2H3,(H,16,17,18);/q;+1/p-1. The van der Waals surface area contributed by atoms with Crippen LogP contribution in [0.3, 0.4) is 0 Å². The molecule has 0 rings (SSSR count). The second kappa shape index (κ2) is 14.1. The largest absolute Gasteiger partial charge is 1.00 e. The topological polar surface area (TPSA) is 77.4 Å². The van der Waals surface area contributed by atoms with Crippen molar-refractivity contribution in [2.24, 2.45) is 0 Å². The van der Waals surface area contributed by atoms with Crippen molar-refractivity contribution in [2.75, 3.05) is 0 Å². The first-order valence-corrected chi connectivity index (χ1v) is 9.01. The molecular weight excluding hydrogens is 303 g/mol. The minimum absolute atomic E-state index is 0. The van der Waals surface area contributed by atoms with Crippen LogP contribution in [0.2, 0.25) is 0 Å². The van der Waals surface area contributed by atoms with E-state index >= 15 is 0 Å². The van der Waals surface area contributed by atoms with Crippen molar-refractivity contribution in [2.45, 2.75) is 89.4 Å². The van der Waals surface area contributed by atoms with E-state index in [1.54, 1.807) is 0 Å². The quantitative estimate of drug-likeness (QED) is 0.315. The maximum absolute atomic E-state index is 11.2. The molecule has 0 aliphatic heterocycles. The summed E-state index contributed by atoms with van der Waals surface area (Å²) in [4.78, 5) is 0. The van der Waals surface area contributed by atoms with Gasteiger partial charge < -0.3 is 9.66 Å². The van der Waals surface area contributed by atoms with Crippen molar-refractivity contribution >= 4 is 10.1 Å². The molecule has 0 aliphatic rings. The normalized spacial score (nSPS) is 14.6. The zero-order chi connectivity index (χ0) is 14.7. The molecule has 0 amide bonds. The summed E-state index contributed by atoms with van der Waals surface area (Å²) in [6.45, 7) is 4.16. The van der Waals surface area contributed by atoms with E-state index in [2.05, 4.69) is 13.8 Å². The van der Waals surface area contributed by atoms with Gasteiger partial charge in [0.25, 0.3) is 0 Å². The van der Waals surface area contributed by atoms with E-state index in [1.807, 2.05) is 0 Å². The molecule has 0 aromatic carbocycles. The second-order valence-corrected chi connectivity index (χ2v) is 7.00. The van der Waals surface area contributed by atoms with Crippen molar-refractivity contribution < 1.29 is 69.5 Å². The molecule has 116 valence electrons. The zero-order valence-electron chi connectivity index (χ0n) is 13.3. The minimum Gasteiger partial charge on any atom is -0.748 e. The monoisotopic (exact) mass is 332 g/mol. The molecule has 20 heavy (non-hydrogen) atoms. The Morgan fingerprint density at radius 3 is 1.95 bits per heavy atom. The molecule has 0 bridgehead atoms. The van der Waals surface area contributed by atoms with Crippen LogP contribution in [-0.4, -0.2) is 29.4 Å². The Balaban J connectivity index is 0. The minimum atomic E-state index is -4.29. The summed E-state index contributed by atoms with van der Waals surface area (Å²) in [6, 6.07) is 0. The Hall–Kier alpha value is 1.51. The number of unbranched alkanes of at least 4 members (excludes halogenated alkanes) is 5. The molecule has 0 fully saturated rings. The van der Waals surface area contributed by atoms with Crippen molar-refractivity contribution in [1.82, 2.24) is 0 Å². The van der Waals surface area contributed by atoms with Crippen LogP contribution in [0, 0.1) is 0 Å². The Morgan fingerprint density at radius 1 is 0.950 bits per heavy atom. The third-order valence-electron chi connectivity index (χ3n) is 3.46. The van der Waals surface area contributed by atoms with Crippen molar-refractivity contribution in [1.29, 1.82) is 0 Å². The van der Waals surface area contributed by atoms with Gasteiger partial charge in [-0.05, 0) is 19.3 Å². The molecule has 2 unspecified atom stereocenters. The average Bonchev–Trinajstić information content (AvgIpc) is 2.32. The fraction of sp³-hybridized carbons (Fsp3) is 1.00. The summed E-state index contributed by atoms with van der Waals surface area (Å²) in [6.07, 6.45) is 7.24. The van der Waals surface area contributed by atoms with Crippen LogP contribution >= 0.6 is 0 Å². The molecule has 1 N–H and O–H groups in total. The molecule has 0 aromatic heterocycles. The summed E-state index contributed by atoms with van der Waals surface area (Å²) < 4.78 is 33.6. The van der Waals surface area contributed by atoms with E-state index in [0.29, 0.717) is 12.8 Å². The van der Waals surface area contributed by atoms with Crippen LogP contribution in [0.25, 0.3) is 0 Å². The fourth-order valence-electron chi connectivity index (χ4n) is 2.23. The molecule has 0 radical (unpaired) electrons.